The molecule has 3 unspecified atom stereocenters. The fourth-order valence-electron chi connectivity index (χ4n) is 5.88. The smallest absolute Gasteiger partial charge is 0.407 e. The van der Waals surface area contributed by atoms with Crippen molar-refractivity contribution in [2.45, 2.75) is 56.2 Å². The number of carbonyl (C=O) groups excluding carboxylic acids is 2. The first kappa shape index (κ1) is 23.4. The number of likely N-dealkylation sites (tertiary alicyclic amines) is 1. The Labute approximate surface area is 203 Å². The van der Waals surface area contributed by atoms with Crippen LogP contribution in [0.4, 0.5) is 4.79 Å². The van der Waals surface area contributed by atoms with E-state index in [4.69, 9.17) is 4.74 Å². The molecule has 2 fully saturated rings. The quantitative estimate of drug-likeness (QED) is 0.608. The van der Waals surface area contributed by atoms with Crippen LogP contribution < -0.4 is 5.32 Å². The van der Waals surface area contributed by atoms with Crippen LogP contribution in [-0.2, 0) is 14.3 Å². The number of carbonyl (C=O) groups is 3. The monoisotopic (exact) mass is 478 g/mol. The van der Waals surface area contributed by atoms with Gasteiger partial charge in [0.25, 0.3) is 0 Å². The van der Waals surface area contributed by atoms with Gasteiger partial charge in [0, 0.05) is 30.8 Å². The summed E-state index contributed by atoms with van der Waals surface area (Å²) >= 11 is 0. The van der Waals surface area contributed by atoms with E-state index in [0.717, 1.165) is 35.1 Å². The first-order chi connectivity index (χ1) is 16.9. The number of ether oxygens (including phenoxy) is 1. The number of hydrogen-bond acceptors (Lipinski definition) is 5. The van der Waals surface area contributed by atoms with Crippen LogP contribution in [0.5, 0.6) is 0 Å². The van der Waals surface area contributed by atoms with Gasteiger partial charge in [-0.3, -0.25) is 4.79 Å². The number of aliphatic hydroxyl groups is 1. The number of amides is 2. The molecule has 2 aliphatic carbocycles. The average molecular weight is 479 g/mol. The standard InChI is InChI=1S/C27H30N2O6/c30-18-13-24(26(32)33)29(14-18)25(31)16-6-5-7-17(12-16)28-27(34)35-15-23-21-10-3-1-8-19(21)20-9-2-4-11-22(20)23/h1-4,8-11,16-18,23-24,30H,5-7,12-15H2,(H,28,34)(H,32,33)/t16?,17?,18?,24-/m0/s1. The number of hydrogen-bond donors (Lipinski definition) is 3. The van der Waals surface area contributed by atoms with Gasteiger partial charge in [0.05, 0.1) is 6.10 Å². The third kappa shape index (κ3) is 4.62. The SMILES string of the molecule is O=C(NC1CCCC(C(=O)N2CC(O)C[C@H]2C(=O)O)C1)OCC1c2ccccc2-c2ccccc21. The fourth-order valence-corrected chi connectivity index (χ4v) is 5.88. The van der Waals surface area contributed by atoms with E-state index < -0.39 is 24.2 Å². The zero-order valence-electron chi connectivity index (χ0n) is 19.4. The highest BCUT2D eigenvalue weighted by Gasteiger charge is 2.42. The summed E-state index contributed by atoms with van der Waals surface area (Å²) in [5.41, 5.74) is 4.62. The number of β-amino-alcohol motifs (C(OH)–C–C–N with tert-alkyl or cyclic N) is 1. The van der Waals surface area contributed by atoms with Crippen LogP contribution in [0.25, 0.3) is 11.1 Å². The number of alkyl carbamates (subject to hydrolysis) is 1. The third-order valence-corrected chi connectivity index (χ3v) is 7.54. The van der Waals surface area contributed by atoms with Crippen molar-refractivity contribution in [3.05, 3.63) is 59.7 Å². The van der Waals surface area contributed by atoms with Gasteiger partial charge in [-0.25, -0.2) is 9.59 Å². The number of benzene rings is 2. The summed E-state index contributed by atoms with van der Waals surface area (Å²) in [6.45, 7) is 0.262. The van der Waals surface area contributed by atoms with Crippen LogP contribution >= 0.6 is 0 Å². The molecule has 1 aliphatic heterocycles. The normalized spacial score (nSPS) is 25.6. The Balaban J connectivity index is 1.18. The summed E-state index contributed by atoms with van der Waals surface area (Å²) in [7, 11) is 0. The predicted molar refractivity (Wildman–Crippen MR) is 128 cm³/mol. The molecule has 1 saturated carbocycles. The first-order valence-electron chi connectivity index (χ1n) is 12.2. The molecule has 35 heavy (non-hydrogen) atoms. The zero-order valence-corrected chi connectivity index (χ0v) is 19.4. The fraction of sp³-hybridized carbons (Fsp3) is 0.444. The zero-order chi connectivity index (χ0) is 24.5. The maximum atomic E-state index is 13.0. The van der Waals surface area contributed by atoms with Gasteiger partial charge in [-0.05, 0) is 41.5 Å². The minimum Gasteiger partial charge on any atom is -0.480 e. The van der Waals surface area contributed by atoms with Gasteiger partial charge in [-0.15, -0.1) is 0 Å². The molecule has 1 heterocycles. The Hall–Kier alpha value is -3.39. The molecule has 4 atom stereocenters. The number of fused-ring (bicyclic) bond motifs is 3. The Bertz CT molecular complexity index is 1090. The number of nitrogens with one attached hydrogen (secondary N) is 1. The van der Waals surface area contributed by atoms with Crippen molar-refractivity contribution in [1.29, 1.82) is 0 Å². The number of carboxylic acid groups (broad SMARTS) is 1. The van der Waals surface area contributed by atoms with E-state index in [1.807, 2.05) is 24.3 Å². The van der Waals surface area contributed by atoms with E-state index in [2.05, 4.69) is 29.6 Å². The van der Waals surface area contributed by atoms with E-state index in [-0.39, 0.29) is 43.4 Å². The molecule has 2 amide bonds. The highest BCUT2D eigenvalue weighted by molar-refractivity contribution is 5.86. The second-order valence-corrected chi connectivity index (χ2v) is 9.76. The van der Waals surface area contributed by atoms with Crippen LogP contribution in [0.1, 0.15) is 49.1 Å². The summed E-state index contributed by atoms with van der Waals surface area (Å²) in [5.74, 6) is -1.76. The Morgan fingerprint density at radius 3 is 2.29 bits per heavy atom. The molecule has 0 aromatic heterocycles. The Morgan fingerprint density at radius 2 is 1.63 bits per heavy atom. The summed E-state index contributed by atoms with van der Waals surface area (Å²) in [5, 5.41) is 22.2. The number of nitrogens with zero attached hydrogens (tertiary/aromatic N) is 1. The van der Waals surface area contributed by atoms with Crippen molar-refractivity contribution in [2.24, 2.45) is 5.92 Å². The molecule has 8 nitrogen and oxygen atoms in total. The maximum Gasteiger partial charge on any atom is 0.407 e. The minimum atomic E-state index is -1.10. The van der Waals surface area contributed by atoms with Crippen molar-refractivity contribution in [3.63, 3.8) is 0 Å². The van der Waals surface area contributed by atoms with Crippen LogP contribution in [0.15, 0.2) is 48.5 Å². The van der Waals surface area contributed by atoms with Gasteiger partial charge in [-0.2, -0.15) is 0 Å². The molecule has 3 N–H and O–H groups in total. The van der Waals surface area contributed by atoms with Crippen molar-refractivity contribution in [3.8, 4) is 11.1 Å². The highest BCUT2D eigenvalue weighted by atomic mass is 16.5. The number of rotatable bonds is 5. The van der Waals surface area contributed by atoms with E-state index in [0.29, 0.717) is 12.8 Å². The van der Waals surface area contributed by atoms with Gasteiger partial charge in [-0.1, -0.05) is 55.0 Å². The van der Waals surface area contributed by atoms with E-state index >= 15 is 0 Å². The van der Waals surface area contributed by atoms with Crippen LogP contribution in [-0.4, -0.2) is 64.4 Å². The van der Waals surface area contributed by atoms with Gasteiger partial charge >= 0.3 is 12.1 Å². The molecule has 0 radical (unpaired) electrons. The highest BCUT2D eigenvalue weighted by Crippen LogP contribution is 2.44. The lowest BCUT2D eigenvalue weighted by molar-refractivity contribution is -0.150. The number of carboxylic acids is 1. The van der Waals surface area contributed by atoms with Gasteiger partial charge in [0.2, 0.25) is 5.91 Å². The molecule has 5 rings (SSSR count). The Morgan fingerprint density at radius 1 is 0.971 bits per heavy atom. The molecule has 3 aliphatic rings. The molecule has 8 heteroatoms. The van der Waals surface area contributed by atoms with Crippen molar-refractivity contribution in [1.82, 2.24) is 10.2 Å². The second-order valence-electron chi connectivity index (χ2n) is 9.76. The molecule has 0 spiro atoms. The maximum absolute atomic E-state index is 13.0. The molecule has 2 aromatic carbocycles. The predicted octanol–water partition coefficient (Wildman–Crippen LogP) is 3.13. The molecule has 2 aromatic rings. The van der Waals surface area contributed by atoms with Crippen molar-refractivity contribution < 1.29 is 29.3 Å². The lowest BCUT2D eigenvalue weighted by Gasteiger charge is -2.32. The van der Waals surface area contributed by atoms with E-state index in [1.54, 1.807) is 0 Å². The lowest BCUT2D eigenvalue weighted by atomic mass is 9.84. The summed E-state index contributed by atoms with van der Waals surface area (Å²) in [4.78, 5) is 38.5. The van der Waals surface area contributed by atoms with Crippen molar-refractivity contribution >= 4 is 18.0 Å². The number of aliphatic carboxylic acids is 1. The van der Waals surface area contributed by atoms with Crippen molar-refractivity contribution in [2.75, 3.05) is 13.2 Å². The summed E-state index contributed by atoms with van der Waals surface area (Å²) in [6.07, 6.45) is 1.28. The van der Waals surface area contributed by atoms with Crippen LogP contribution in [0.3, 0.4) is 0 Å². The molecule has 1 saturated heterocycles. The largest absolute Gasteiger partial charge is 0.480 e. The average Bonchev–Trinajstić information content (AvgIpc) is 3.41. The van der Waals surface area contributed by atoms with Gasteiger partial charge in [0.15, 0.2) is 0 Å². The third-order valence-electron chi connectivity index (χ3n) is 7.54. The molecule has 0 bridgehead atoms. The second kappa shape index (κ2) is 9.70. The van der Waals surface area contributed by atoms with Gasteiger partial charge in [0.1, 0.15) is 12.6 Å². The minimum absolute atomic E-state index is 0.0246. The number of aliphatic hydroxyl groups excluding tert-OH is 1. The van der Waals surface area contributed by atoms with Crippen LogP contribution in [0.2, 0.25) is 0 Å². The van der Waals surface area contributed by atoms with E-state index in [1.165, 1.54) is 4.90 Å². The first-order valence-corrected chi connectivity index (χ1v) is 12.2. The molecular formula is C27H30N2O6. The van der Waals surface area contributed by atoms with Gasteiger partial charge < -0.3 is 25.2 Å². The lowest BCUT2D eigenvalue weighted by Crippen LogP contribution is -2.47. The summed E-state index contributed by atoms with van der Waals surface area (Å²) in [6, 6.07) is 15.1. The Kier molecular flexibility index (Phi) is 6.47. The molecular weight excluding hydrogens is 448 g/mol. The summed E-state index contributed by atoms with van der Waals surface area (Å²) < 4.78 is 5.64. The van der Waals surface area contributed by atoms with E-state index in [9.17, 15) is 24.6 Å². The topological polar surface area (TPSA) is 116 Å². The molecule has 184 valence electrons. The van der Waals surface area contributed by atoms with Crippen LogP contribution in [0, 0.1) is 5.92 Å².